The Labute approximate surface area is 90.8 Å². The quantitative estimate of drug-likeness (QED) is 0.662. The van der Waals surface area contributed by atoms with E-state index < -0.39 is 0 Å². The minimum atomic E-state index is 0.590. The van der Waals surface area contributed by atoms with Crippen molar-refractivity contribution in [3.63, 3.8) is 0 Å². The van der Waals surface area contributed by atoms with E-state index in [4.69, 9.17) is 10.5 Å². The first-order chi connectivity index (χ1) is 7.33. The molecule has 0 aliphatic rings. The first kappa shape index (κ1) is 11.9. The van der Waals surface area contributed by atoms with Gasteiger partial charge in [0.05, 0.1) is 6.61 Å². The van der Waals surface area contributed by atoms with Crippen LogP contribution in [0.4, 0.5) is 5.82 Å². The van der Waals surface area contributed by atoms with Crippen LogP contribution in [0, 0.1) is 6.92 Å². The topological polar surface area (TPSA) is 60.2 Å². The normalized spacial score (nSPS) is 10.3. The highest BCUT2D eigenvalue weighted by molar-refractivity contribution is 5.36. The molecule has 0 unspecified atom stereocenters. The number of hydrogen-bond donors (Lipinski definition) is 2. The summed E-state index contributed by atoms with van der Waals surface area (Å²) in [5, 5.41) is 3.24. The monoisotopic (exact) mass is 209 g/mol. The highest BCUT2D eigenvalue weighted by Crippen LogP contribution is 2.04. The van der Waals surface area contributed by atoms with E-state index >= 15 is 0 Å². The first-order valence-electron chi connectivity index (χ1n) is 5.27. The molecule has 1 aromatic rings. The number of nitrogens with two attached hydrogens (primary N) is 1. The van der Waals surface area contributed by atoms with E-state index in [1.54, 1.807) is 0 Å². The number of rotatable bonds is 7. The van der Waals surface area contributed by atoms with Gasteiger partial charge in [-0.2, -0.15) is 0 Å². The van der Waals surface area contributed by atoms with Gasteiger partial charge in [-0.25, -0.2) is 4.98 Å². The Balaban J connectivity index is 2.10. The fraction of sp³-hybridized carbons (Fsp3) is 0.545. The van der Waals surface area contributed by atoms with Gasteiger partial charge in [0.1, 0.15) is 5.82 Å². The van der Waals surface area contributed by atoms with Gasteiger partial charge in [-0.15, -0.1) is 0 Å². The van der Waals surface area contributed by atoms with Gasteiger partial charge < -0.3 is 15.8 Å². The summed E-state index contributed by atoms with van der Waals surface area (Å²) in [4.78, 5) is 4.20. The lowest BCUT2D eigenvalue weighted by molar-refractivity contribution is 0.141. The fourth-order valence-electron chi connectivity index (χ4n) is 1.21. The number of nitrogens with zero attached hydrogens (tertiary/aromatic N) is 1. The lowest BCUT2D eigenvalue weighted by atomic mass is 10.3. The molecular weight excluding hydrogens is 190 g/mol. The summed E-state index contributed by atoms with van der Waals surface area (Å²) >= 11 is 0. The summed E-state index contributed by atoms with van der Waals surface area (Å²) < 4.78 is 5.26. The van der Waals surface area contributed by atoms with Crippen molar-refractivity contribution in [2.75, 3.05) is 31.6 Å². The Hall–Kier alpha value is -1.13. The Morgan fingerprint density at radius 2 is 2.33 bits per heavy atom. The molecule has 4 nitrogen and oxygen atoms in total. The molecule has 0 amide bonds. The van der Waals surface area contributed by atoms with E-state index in [-0.39, 0.29) is 0 Å². The number of aryl methyl sites for hydroxylation is 1. The van der Waals surface area contributed by atoms with Crippen LogP contribution in [-0.4, -0.2) is 31.3 Å². The zero-order valence-corrected chi connectivity index (χ0v) is 9.20. The number of pyridine rings is 1. The summed E-state index contributed by atoms with van der Waals surface area (Å²) in [7, 11) is 0. The third-order valence-electron chi connectivity index (χ3n) is 1.95. The van der Waals surface area contributed by atoms with E-state index in [1.807, 2.05) is 18.3 Å². The van der Waals surface area contributed by atoms with Crippen molar-refractivity contribution in [3.05, 3.63) is 23.9 Å². The molecule has 0 saturated carbocycles. The molecule has 15 heavy (non-hydrogen) atoms. The van der Waals surface area contributed by atoms with Gasteiger partial charge in [0, 0.05) is 25.9 Å². The summed E-state index contributed by atoms with van der Waals surface area (Å²) in [6.07, 6.45) is 2.78. The van der Waals surface area contributed by atoms with Gasteiger partial charge in [0.25, 0.3) is 0 Å². The molecule has 0 bridgehead atoms. The predicted octanol–water partition coefficient (Wildman–Crippen LogP) is 1.17. The maximum Gasteiger partial charge on any atom is 0.126 e. The minimum Gasteiger partial charge on any atom is -0.380 e. The molecule has 0 radical (unpaired) electrons. The van der Waals surface area contributed by atoms with Gasteiger partial charge in [0.2, 0.25) is 0 Å². The summed E-state index contributed by atoms with van der Waals surface area (Å²) in [5.74, 6) is 0.925. The lowest BCUT2D eigenvalue weighted by Gasteiger charge is -2.06. The van der Waals surface area contributed by atoms with E-state index in [2.05, 4.69) is 17.2 Å². The van der Waals surface area contributed by atoms with E-state index in [1.165, 1.54) is 5.56 Å². The van der Waals surface area contributed by atoms with Crippen LogP contribution in [0.5, 0.6) is 0 Å². The largest absolute Gasteiger partial charge is 0.380 e. The second-order valence-electron chi connectivity index (χ2n) is 3.40. The van der Waals surface area contributed by atoms with Crippen LogP contribution in [0.1, 0.15) is 12.0 Å². The summed E-state index contributed by atoms with van der Waals surface area (Å²) in [6, 6.07) is 4.01. The van der Waals surface area contributed by atoms with E-state index in [9.17, 15) is 0 Å². The smallest absolute Gasteiger partial charge is 0.126 e. The zero-order chi connectivity index (χ0) is 10.9. The highest BCUT2D eigenvalue weighted by Gasteiger charge is 1.93. The highest BCUT2D eigenvalue weighted by atomic mass is 16.5. The van der Waals surface area contributed by atoms with Gasteiger partial charge in [-0.1, -0.05) is 0 Å². The number of hydrogen-bond acceptors (Lipinski definition) is 4. The number of aromatic nitrogens is 1. The first-order valence-corrected chi connectivity index (χ1v) is 5.27. The van der Waals surface area contributed by atoms with Crippen molar-refractivity contribution in [1.82, 2.24) is 4.98 Å². The van der Waals surface area contributed by atoms with Crippen molar-refractivity contribution in [2.45, 2.75) is 13.3 Å². The van der Waals surface area contributed by atoms with Crippen LogP contribution in [0.25, 0.3) is 0 Å². The van der Waals surface area contributed by atoms with Gasteiger partial charge in [-0.3, -0.25) is 0 Å². The molecule has 0 aliphatic heterocycles. The molecule has 0 aromatic carbocycles. The molecule has 4 heteroatoms. The molecule has 0 saturated heterocycles. The van der Waals surface area contributed by atoms with Crippen molar-refractivity contribution >= 4 is 5.82 Å². The van der Waals surface area contributed by atoms with Gasteiger partial charge in [0.15, 0.2) is 0 Å². The van der Waals surface area contributed by atoms with Crippen LogP contribution in [0.3, 0.4) is 0 Å². The van der Waals surface area contributed by atoms with Crippen LogP contribution in [0.15, 0.2) is 18.3 Å². The molecule has 1 aromatic heterocycles. The van der Waals surface area contributed by atoms with Crippen LogP contribution < -0.4 is 11.1 Å². The maximum absolute atomic E-state index is 5.30. The fourth-order valence-corrected chi connectivity index (χ4v) is 1.21. The Bertz CT molecular complexity index is 278. The van der Waals surface area contributed by atoms with Crippen LogP contribution >= 0.6 is 0 Å². The molecule has 1 heterocycles. The lowest BCUT2D eigenvalue weighted by Crippen LogP contribution is -2.11. The number of ether oxygens (including phenoxy) is 1. The molecular formula is C11H19N3O. The zero-order valence-electron chi connectivity index (χ0n) is 9.20. The van der Waals surface area contributed by atoms with Crippen molar-refractivity contribution in [1.29, 1.82) is 0 Å². The van der Waals surface area contributed by atoms with Crippen LogP contribution in [-0.2, 0) is 4.74 Å². The average molecular weight is 209 g/mol. The van der Waals surface area contributed by atoms with E-state index in [0.717, 1.165) is 25.4 Å². The maximum atomic E-state index is 5.30. The number of anilines is 1. The third-order valence-corrected chi connectivity index (χ3v) is 1.95. The Morgan fingerprint density at radius 3 is 3.07 bits per heavy atom. The molecule has 0 atom stereocenters. The number of nitrogens with one attached hydrogen (secondary N) is 1. The van der Waals surface area contributed by atoms with Crippen molar-refractivity contribution in [3.8, 4) is 0 Å². The second-order valence-corrected chi connectivity index (χ2v) is 3.40. The SMILES string of the molecule is Cc1ccnc(NCCCOCCN)c1. The molecule has 0 spiro atoms. The van der Waals surface area contributed by atoms with E-state index in [0.29, 0.717) is 13.2 Å². The second kappa shape index (κ2) is 7.20. The molecule has 1 rings (SSSR count). The molecule has 0 aliphatic carbocycles. The summed E-state index contributed by atoms with van der Waals surface area (Å²) in [6.45, 7) is 4.91. The Morgan fingerprint density at radius 1 is 1.47 bits per heavy atom. The molecule has 0 fully saturated rings. The molecule has 3 N–H and O–H groups in total. The van der Waals surface area contributed by atoms with Gasteiger partial charge >= 0.3 is 0 Å². The summed E-state index contributed by atoms with van der Waals surface area (Å²) in [5.41, 5.74) is 6.52. The Kier molecular flexibility index (Phi) is 5.73. The third kappa shape index (κ3) is 5.34. The van der Waals surface area contributed by atoms with Crippen molar-refractivity contribution < 1.29 is 4.74 Å². The van der Waals surface area contributed by atoms with Crippen molar-refractivity contribution in [2.24, 2.45) is 5.73 Å². The predicted molar refractivity (Wildman–Crippen MR) is 62.0 cm³/mol. The van der Waals surface area contributed by atoms with Gasteiger partial charge in [-0.05, 0) is 31.0 Å². The minimum absolute atomic E-state index is 0.590. The molecule has 84 valence electrons. The van der Waals surface area contributed by atoms with Crippen LogP contribution in [0.2, 0.25) is 0 Å². The average Bonchev–Trinajstić information content (AvgIpc) is 2.23. The standard InChI is InChI=1S/C11H19N3O/c1-10-3-6-14-11(9-10)13-5-2-7-15-8-4-12/h3,6,9H,2,4-5,7-8,12H2,1H3,(H,13,14).